The lowest BCUT2D eigenvalue weighted by molar-refractivity contribution is -1.03. The van der Waals surface area contributed by atoms with Crippen LogP contribution < -0.4 is 15.1 Å². The molecule has 2 heterocycles. The number of nitrogens with one attached hydrogen (secondary N) is 3. The van der Waals surface area contributed by atoms with Crippen LogP contribution in [0.15, 0.2) is 48.5 Å². The van der Waals surface area contributed by atoms with Crippen LogP contribution in [0, 0.1) is 0 Å². The van der Waals surface area contributed by atoms with Crippen LogP contribution in [0.5, 0.6) is 0 Å². The molecule has 2 saturated heterocycles. The molecule has 31 heavy (non-hydrogen) atoms. The molecular formula is C22H27Cl2N3O3S+2. The van der Waals surface area contributed by atoms with Crippen LogP contribution >= 0.6 is 23.2 Å². The summed E-state index contributed by atoms with van der Waals surface area (Å²) < 4.78 is 23.7. The first-order chi connectivity index (χ1) is 14.8. The molecule has 2 aliphatic heterocycles. The van der Waals surface area contributed by atoms with Crippen LogP contribution in [0.4, 0.5) is 5.69 Å². The third-order valence-electron chi connectivity index (χ3n) is 6.28. The normalized spacial score (nSPS) is 26.3. The van der Waals surface area contributed by atoms with Crippen molar-refractivity contribution < 1.29 is 23.0 Å². The summed E-state index contributed by atoms with van der Waals surface area (Å²) in [4.78, 5) is 15.9. The number of hydrogen-bond acceptors (Lipinski definition) is 3. The molecule has 4 rings (SSSR count). The van der Waals surface area contributed by atoms with Crippen LogP contribution in [0.1, 0.15) is 18.0 Å². The van der Waals surface area contributed by atoms with E-state index in [1.54, 1.807) is 18.2 Å². The van der Waals surface area contributed by atoms with E-state index < -0.39 is 9.84 Å². The van der Waals surface area contributed by atoms with Crippen molar-refractivity contribution in [2.75, 3.05) is 43.0 Å². The number of carbonyl (C=O) groups excluding carboxylic acids is 1. The Morgan fingerprint density at radius 2 is 1.65 bits per heavy atom. The lowest BCUT2D eigenvalue weighted by Crippen LogP contribution is -3.30. The van der Waals surface area contributed by atoms with E-state index in [4.69, 9.17) is 23.2 Å². The molecule has 2 aromatic rings. The molecule has 2 fully saturated rings. The molecule has 0 saturated carbocycles. The van der Waals surface area contributed by atoms with Gasteiger partial charge < -0.3 is 15.1 Å². The minimum atomic E-state index is -2.89. The van der Waals surface area contributed by atoms with Crippen molar-refractivity contribution in [3.05, 3.63) is 64.1 Å². The third-order valence-corrected chi connectivity index (χ3v) is 8.48. The Labute approximate surface area is 193 Å². The van der Waals surface area contributed by atoms with Crippen LogP contribution in [0.3, 0.4) is 0 Å². The summed E-state index contributed by atoms with van der Waals surface area (Å²) in [6, 6.07) is 14.6. The highest BCUT2D eigenvalue weighted by Crippen LogP contribution is 2.23. The van der Waals surface area contributed by atoms with Crippen molar-refractivity contribution in [1.29, 1.82) is 0 Å². The highest BCUT2D eigenvalue weighted by molar-refractivity contribution is 7.91. The van der Waals surface area contributed by atoms with Gasteiger partial charge in [-0.15, -0.1) is 0 Å². The van der Waals surface area contributed by atoms with Gasteiger partial charge in [0.25, 0.3) is 5.91 Å². The molecule has 2 atom stereocenters. The smallest absolute Gasteiger partial charge is 0.287 e. The van der Waals surface area contributed by atoms with E-state index in [1.165, 1.54) is 9.80 Å². The van der Waals surface area contributed by atoms with Gasteiger partial charge in [0.1, 0.15) is 38.0 Å². The van der Waals surface area contributed by atoms with Crippen molar-refractivity contribution in [3.63, 3.8) is 0 Å². The largest absolute Gasteiger partial charge is 0.322 e. The SMILES string of the molecule is O=C(Nc1cc(Cl)cc(Cl)c1)C(c1ccccc1)[NH+]1CC[NH+](C2CCS(=O)(=O)C2)CC1. The van der Waals surface area contributed by atoms with Gasteiger partial charge in [0.15, 0.2) is 15.9 Å². The van der Waals surface area contributed by atoms with E-state index in [-0.39, 0.29) is 23.7 Å². The van der Waals surface area contributed by atoms with Crippen molar-refractivity contribution in [3.8, 4) is 0 Å². The number of rotatable bonds is 5. The van der Waals surface area contributed by atoms with Gasteiger partial charge in [-0.1, -0.05) is 53.5 Å². The molecule has 9 heteroatoms. The molecule has 166 valence electrons. The maximum Gasteiger partial charge on any atom is 0.287 e. The second kappa shape index (κ2) is 9.46. The topological polar surface area (TPSA) is 72.1 Å². The summed E-state index contributed by atoms with van der Waals surface area (Å²) >= 11 is 12.2. The Bertz CT molecular complexity index is 1020. The number of halogens is 2. The number of piperazine rings is 1. The van der Waals surface area contributed by atoms with Crippen LogP contribution in [0.2, 0.25) is 10.0 Å². The molecule has 1 amide bonds. The van der Waals surface area contributed by atoms with Gasteiger partial charge in [0.05, 0.1) is 5.75 Å². The average molecular weight is 484 g/mol. The molecule has 2 unspecified atom stereocenters. The summed E-state index contributed by atoms with van der Waals surface area (Å²) in [7, 11) is -2.89. The third kappa shape index (κ3) is 5.59. The zero-order valence-electron chi connectivity index (χ0n) is 17.1. The molecule has 2 aliphatic rings. The second-order valence-electron chi connectivity index (χ2n) is 8.41. The van der Waals surface area contributed by atoms with Gasteiger partial charge in [-0.25, -0.2) is 8.42 Å². The van der Waals surface area contributed by atoms with Crippen LogP contribution in [0.25, 0.3) is 0 Å². The predicted octanol–water partition coefficient (Wildman–Crippen LogP) is 0.644. The van der Waals surface area contributed by atoms with E-state index in [0.717, 1.165) is 38.2 Å². The fourth-order valence-corrected chi connectivity index (χ4v) is 7.12. The number of hydrogen-bond donors (Lipinski definition) is 3. The van der Waals surface area contributed by atoms with E-state index in [1.807, 2.05) is 30.3 Å². The van der Waals surface area contributed by atoms with Gasteiger partial charge in [-0.2, -0.15) is 0 Å². The number of amides is 1. The Hall–Kier alpha value is -1.64. The van der Waals surface area contributed by atoms with Gasteiger partial charge in [0, 0.05) is 27.7 Å². The van der Waals surface area contributed by atoms with Gasteiger partial charge in [0.2, 0.25) is 0 Å². The summed E-state index contributed by atoms with van der Waals surface area (Å²) in [6.07, 6.45) is 0.741. The Morgan fingerprint density at radius 3 is 2.23 bits per heavy atom. The second-order valence-corrected chi connectivity index (χ2v) is 11.5. The fourth-order valence-electron chi connectivity index (χ4n) is 4.76. The number of benzene rings is 2. The zero-order chi connectivity index (χ0) is 22.0. The molecule has 6 nitrogen and oxygen atoms in total. The lowest BCUT2D eigenvalue weighted by atomic mass is 10.0. The Balaban J connectivity index is 1.49. The molecule has 0 aromatic heterocycles. The molecule has 0 aliphatic carbocycles. The van der Waals surface area contributed by atoms with Crippen molar-refractivity contribution >= 4 is 44.6 Å². The molecular weight excluding hydrogens is 457 g/mol. The van der Waals surface area contributed by atoms with Crippen LogP contribution in [-0.4, -0.2) is 58.1 Å². The molecule has 2 aromatic carbocycles. The first-order valence-electron chi connectivity index (χ1n) is 10.5. The highest BCUT2D eigenvalue weighted by atomic mass is 35.5. The monoisotopic (exact) mass is 483 g/mol. The maximum atomic E-state index is 13.4. The minimum absolute atomic E-state index is 0.105. The van der Waals surface area contributed by atoms with Crippen LogP contribution in [-0.2, 0) is 14.6 Å². The molecule has 0 radical (unpaired) electrons. The minimum Gasteiger partial charge on any atom is -0.322 e. The van der Waals surface area contributed by atoms with E-state index >= 15 is 0 Å². The van der Waals surface area contributed by atoms with Gasteiger partial charge >= 0.3 is 0 Å². The molecule has 0 spiro atoms. The summed E-state index contributed by atoms with van der Waals surface area (Å²) in [5, 5.41) is 3.92. The van der Waals surface area contributed by atoms with E-state index in [9.17, 15) is 13.2 Å². The predicted molar refractivity (Wildman–Crippen MR) is 123 cm³/mol. The average Bonchev–Trinajstić information content (AvgIpc) is 3.08. The maximum absolute atomic E-state index is 13.4. The number of quaternary nitrogens is 2. The number of anilines is 1. The van der Waals surface area contributed by atoms with Crippen molar-refractivity contribution in [2.24, 2.45) is 0 Å². The van der Waals surface area contributed by atoms with Crippen molar-refractivity contribution in [2.45, 2.75) is 18.5 Å². The standard InChI is InChI=1S/C22H25Cl2N3O3S/c23-17-12-18(24)14-19(13-17)25-22(28)21(16-4-2-1-3-5-16)27-9-7-26(8-10-27)20-6-11-31(29,30)15-20/h1-5,12-14,20-21H,6-11,15H2,(H,25,28)/p+2. The van der Waals surface area contributed by atoms with Gasteiger partial charge in [-0.3, -0.25) is 4.79 Å². The Morgan fingerprint density at radius 1 is 1.00 bits per heavy atom. The summed E-state index contributed by atoms with van der Waals surface area (Å²) in [5.41, 5.74) is 1.53. The molecule has 3 N–H and O–H groups in total. The molecule has 0 bridgehead atoms. The van der Waals surface area contributed by atoms with Gasteiger partial charge in [-0.05, 0) is 18.2 Å². The van der Waals surface area contributed by atoms with Crippen molar-refractivity contribution in [1.82, 2.24) is 0 Å². The zero-order valence-corrected chi connectivity index (χ0v) is 19.4. The lowest BCUT2D eigenvalue weighted by Gasteiger charge is -2.36. The summed E-state index contributed by atoms with van der Waals surface area (Å²) in [5.74, 6) is 0.483. The highest BCUT2D eigenvalue weighted by Gasteiger charge is 2.41. The Kier molecular flexibility index (Phi) is 6.89. The first kappa shape index (κ1) is 22.6. The summed E-state index contributed by atoms with van der Waals surface area (Å²) in [6.45, 7) is 3.31. The quantitative estimate of drug-likeness (QED) is 0.584. The fraction of sp³-hybridized carbons (Fsp3) is 0.409. The number of carbonyl (C=O) groups is 1. The van der Waals surface area contributed by atoms with E-state index in [2.05, 4.69) is 5.32 Å². The number of sulfone groups is 1. The van der Waals surface area contributed by atoms with E-state index in [0.29, 0.717) is 21.5 Å². The first-order valence-corrected chi connectivity index (χ1v) is 13.1.